The number of ether oxygens (including phenoxy) is 1. The summed E-state index contributed by atoms with van der Waals surface area (Å²) in [5, 5.41) is 9.39. The Labute approximate surface area is 179 Å². The monoisotopic (exact) mass is 453 g/mol. The number of carboxylic acid groups (broad SMARTS) is 1. The van der Waals surface area contributed by atoms with E-state index in [0.29, 0.717) is 22.1 Å². The van der Waals surface area contributed by atoms with Crippen LogP contribution in [0.25, 0.3) is 10.6 Å². The molecule has 0 aliphatic rings. The van der Waals surface area contributed by atoms with Crippen molar-refractivity contribution in [3.63, 3.8) is 0 Å². The SMILES string of the molecule is Cc1cc(SCc2nc(-c3ccc(C(F)(F)F)cc3)sc2C)ccc1OCC(=O)O. The Hall–Kier alpha value is -2.52. The van der Waals surface area contributed by atoms with Crippen molar-refractivity contribution in [3.05, 3.63) is 64.2 Å². The molecule has 3 rings (SSSR count). The molecule has 3 aromatic rings. The molecule has 0 aliphatic carbocycles. The van der Waals surface area contributed by atoms with Crippen LogP contribution in [0.1, 0.15) is 21.7 Å². The zero-order chi connectivity index (χ0) is 21.9. The molecule has 1 N–H and O–H groups in total. The third-order valence-electron chi connectivity index (χ3n) is 4.22. The molecular weight excluding hydrogens is 435 g/mol. The second-order valence-corrected chi connectivity index (χ2v) is 8.75. The van der Waals surface area contributed by atoms with E-state index >= 15 is 0 Å². The van der Waals surface area contributed by atoms with E-state index in [0.717, 1.165) is 33.2 Å². The van der Waals surface area contributed by atoms with E-state index < -0.39 is 24.3 Å². The topological polar surface area (TPSA) is 59.4 Å². The van der Waals surface area contributed by atoms with Gasteiger partial charge in [-0.15, -0.1) is 23.1 Å². The molecule has 1 aromatic heterocycles. The molecule has 9 heteroatoms. The highest BCUT2D eigenvalue weighted by Crippen LogP contribution is 2.35. The summed E-state index contributed by atoms with van der Waals surface area (Å²) in [6.45, 7) is 3.39. The molecule has 0 atom stereocenters. The summed E-state index contributed by atoms with van der Waals surface area (Å²) in [6, 6.07) is 10.5. The minimum atomic E-state index is -4.36. The number of rotatable bonds is 7. The van der Waals surface area contributed by atoms with Crippen molar-refractivity contribution in [1.82, 2.24) is 4.98 Å². The van der Waals surface area contributed by atoms with Gasteiger partial charge in [0.15, 0.2) is 6.61 Å². The summed E-state index contributed by atoms with van der Waals surface area (Å²) in [4.78, 5) is 17.2. The number of hydrogen-bond acceptors (Lipinski definition) is 5. The number of hydrogen-bond donors (Lipinski definition) is 1. The van der Waals surface area contributed by atoms with E-state index in [1.54, 1.807) is 17.8 Å². The van der Waals surface area contributed by atoms with E-state index in [2.05, 4.69) is 4.98 Å². The zero-order valence-electron chi connectivity index (χ0n) is 16.1. The van der Waals surface area contributed by atoms with Crippen LogP contribution in [-0.4, -0.2) is 22.7 Å². The van der Waals surface area contributed by atoms with Crippen molar-refractivity contribution >= 4 is 29.1 Å². The van der Waals surface area contributed by atoms with Gasteiger partial charge in [0.1, 0.15) is 10.8 Å². The van der Waals surface area contributed by atoms with Gasteiger partial charge in [-0.3, -0.25) is 0 Å². The van der Waals surface area contributed by atoms with Crippen LogP contribution in [0.2, 0.25) is 0 Å². The summed E-state index contributed by atoms with van der Waals surface area (Å²) in [5.74, 6) is 0.101. The van der Waals surface area contributed by atoms with E-state index in [1.165, 1.54) is 23.5 Å². The van der Waals surface area contributed by atoms with Crippen LogP contribution in [0.5, 0.6) is 5.75 Å². The molecule has 0 radical (unpaired) electrons. The van der Waals surface area contributed by atoms with Crippen molar-refractivity contribution in [2.24, 2.45) is 0 Å². The van der Waals surface area contributed by atoms with E-state index in [1.807, 2.05) is 26.0 Å². The number of thiazole rings is 1. The third-order valence-corrected chi connectivity index (χ3v) is 6.29. The fourth-order valence-corrected chi connectivity index (χ4v) is 4.69. The van der Waals surface area contributed by atoms with Crippen LogP contribution in [0.3, 0.4) is 0 Å². The number of benzene rings is 2. The molecule has 0 amide bonds. The Kier molecular flexibility index (Phi) is 6.72. The van der Waals surface area contributed by atoms with Gasteiger partial charge in [-0.05, 0) is 49.7 Å². The zero-order valence-corrected chi connectivity index (χ0v) is 17.7. The number of nitrogens with zero attached hydrogens (tertiary/aromatic N) is 1. The Balaban J connectivity index is 1.68. The van der Waals surface area contributed by atoms with E-state index in [9.17, 15) is 18.0 Å². The van der Waals surface area contributed by atoms with Crippen molar-refractivity contribution in [3.8, 4) is 16.3 Å². The summed E-state index contributed by atoms with van der Waals surface area (Å²) >= 11 is 3.02. The molecule has 0 spiro atoms. The van der Waals surface area contributed by atoms with Crippen LogP contribution in [0.15, 0.2) is 47.4 Å². The number of carbonyl (C=O) groups is 1. The number of halogens is 3. The molecule has 0 saturated carbocycles. The maximum Gasteiger partial charge on any atom is 0.416 e. The molecule has 0 saturated heterocycles. The molecule has 4 nitrogen and oxygen atoms in total. The molecule has 0 unspecified atom stereocenters. The smallest absolute Gasteiger partial charge is 0.416 e. The third kappa shape index (κ3) is 5.54. The molecule has 0 bridgehead atoms. The molecule has 158 valence electrons. The van der Waals surface area contributed by atoms with Gasteiger partial charge in [0.05, 0.1) is 11.3 Å². The van der Waals surface area contributed by atoms with Crippen LogP contribution in [0, 0.1) is 13.8 Å². The largest absolute Gasteiger partial charge is 0.482 e. The number of aryl methyl sites for hydroxylation is 2. The average Bonchev–Trinajstić information content (AvgIpc) is 3.05. The lowest BCUT2D eigenvalue weighted by atomic mass is 10.1. The molecule has 0 fully saturated rings. The number of thioether (sulfide) groups is 1. The molecule has 0 aliphatic heterocycles. The van der Waals surface area contributed by atoms with Crippen molar-refractivity contribution in [2.75, 3.05) is 6.61 Å². The average molecular weight is 454 g/mol. The summed E-state index contributed by atoms with van der Waals surface area (Å²) in [6.07, 6.45) is -4.36. The number of aliphatic carboxylic acids is 1. The van der Waals surface area contributed by atoms with Gasteiger partial charge in [0, 0.05) is 21.1 Å². The van der Waals surface area contributed by atoms with Crippen LogP contribution >= 0.6 is 23.1 Å². The van der Waals surface area contributed by atoms with E-state index in [4.69, 9.17) is 9.84 Å². The van der Waals surface area contributed by atoms with Crippen LogP contribution in [-0.2, 0) is 16.7 Å². The normalized spacial score (nSPS) is 11.5. The Bertz CT molecular complexity index is 1050. The van der Waals surface area contributed by atoms with Crippen molar-refractivity contribution < 1.29 is 27.8 Å². The first kappa shape index (κ1) is 22.2. The Morgan fingerprint density at radius 3 is 2.47 bits per heavy atom. The van der Waals surface area contributed by atoms with Gasteiger partial charge < -0.3 is 9.84 Å². The summed E-state index contributed by atoms with van der Waals surface area (Å²) < 4.78 is 43.4. The van der Waals surface area contributed by atoms with Crippen molar-refractivity contribution in [2.45, 2.75) is 30.7 Å². The second-order valence-electron chi connectivity index (χ2n) is 6.50. The first-order valence-corrected chi connectivity index (χ1v) is 10.7. The lowest BCUT2D eigenvalue weighted by Crippen LogP contribution is -2.09. The molecule has 30 heavy (non-hydrogen) atoms. The number of alkyl halides is 3. The lowest BCUT2D eigenvalue weighted by molar-refractivity contribution is -0.139. The lowest BCUT2D eigenvalue weighted by Gasteiger charge is -2.08. The maximum absolute atomic E-state index is 12.7. The van der Waals surface area contributed by atoms with Gasteiger partial charge in [0.2, 0.25) is 0 Å². The van der Waals surface area contributed by atoms with Crippen LogP contribution < -0.4 is 4.74 Å². The second kappa shape index (κ2) is 9.09. The van der Waals surface area contributed by atoms with Crippen molar-refractivity contribution in [1.29, 1.82) is 0 Å². The Morgan fingerprint density at radius 2 is 1.87 bits per heavy atom. The highest BCUT2D eigenvalue weighted by molar-refractivity contribution is 7.98. The predicted molar refractivity (Wildman–Crippen MR) is 111 cm³/mol. The summed E-state index contributed by atoms with van der Waals surface area (Å²) in [7, 11) is 0. The fraction of sp³-hybridized carbons (Fsp3) is 0.238. The van der Waals surface area contributed by atoms with Gasteiger partial charge in [-0.1, -0.05) is 12.1 Å². The minimum absolute atomic E-state index is 0.391. The maximum atomic E-state index is 12.7. The first-order valence-electron chi connectivity index (χ1n) is 8.85. The highest BCUT2D eigenvalue weighted by atomic mass is 32.2. The predicted octanol–water partition coefficient (Wildman–Crippen LogP) is 6.20. The highest BCUT2D eigenvalue weighted by Gasteiger charge is 2.30. The minimum Gasteiger partial charge on any atom is -0.482 e. The number of carboxylic acids is 1. The Morgan fingerprint density at radius 1 is 1.17 bits per heavy atom. The standard InChI is InChI=1S/C21H18F3NO3S2/c1-12-9-16(7-8-18(12)28-10-19(26)27)29-11-17-13(2)30-20(25-17)14-3-5-15(6-4-14)21(22,23)24/h3-9H,10-11H2,1-2H3,(H,26,27). The summed E-state index contributed by atoms with van der Waals surface area (Å²) in [5.41, 5.74) is 1.69. The quantitative estimate of drug-likeness (QED) is 0.432. The van der Waals surface area contributed by atoms with Gasteiger partial charge in [-0.25, -0.2) is 9.78 Å². The molecular formula is C21H18F3NO3S2. The first-order chi connectivity index (χ1) is 14.1. The van der Waals surface area contributed by atoms with Gasteiger partial charge in [-0.2, -0.15) is 13.2 Å². The van der Waals surface area contributed by atoms with E-state index in [-0.39, 0.29) is 0 Å². The number of aromatic nitrogens is 1. The molecule has 2 aromatic carbocycles. The van der Waals surface area contributed by atoms with Gasteiger partial charge >= 0.3 is 12.1 Å². The van der Waals surface area contributed by atoms with Crippen LogP contribution in [0.4, 0.5) is 13.2 Å². The fourth-order valence-electron chi connectivity index (χ4n) is 2.65. The molecule has 1 heterocycles. The van der Waals surface area contributed by atoms with Gasteiger partial charge in [0.25, 0.3) is 0 Å².